The van der Waals surface area contributed by atoms with Crippen LogP contribution in [0, 0.1) is 11.3 Å². The topological polar surface area (TPSA) is 78.2 Å². The minimum absolute atomic E-state index is 0.0842. The van der Waals surface area contributed by atoms with E-state index in [4.69, 9.17) is 10.4 Å². The molecule has 0 saturated carbocycles. The predicted molar refractivity (Wildman–Crippen MR) is 74.8 cm³/mol. The molecule has 0 aliphatic heterocycles. The van der Waals surface area contributed by atoms with Crippen molar-refractivity contribution in [2.24, 2.45) is 0 Å². The number of carboxylic acid groups (broad SMARTS) is 1. The van der Waals surface area contributed by atoms with Gasteiger partial charge in [0.1, 0.15) is 5.78 Å². The molecular weight excluding hydrogens is 310 g/mol. The number of nitrogens with zero attached hydrogens (tertiary/aromatic N) is 1. The van der Waals surface area contributed by atoms with Crippen molar-refractivity contribution in [1.29, 1.82) is 5.26 Å². The molecule has 1 aromatic carbocycles. The molecule has 0 radical (unpaired) electrons. The fourth-order valence-corrected chi connectivity index (χ4v) is 2.07. The van der Waals surface area contributed by atoms with Gasteiger partial charge in [-0.1, -0.05) is 34.1 Å². The van der Waals surface area contributed by atoms with Crippen molar-refractivity contribution in [2.45, 2.75) is 18.2 Å². The maximum absolute atomic E-state index is 11.5. The van der Waals surface area contributed by atoms with Crippen molar-refractivity contribution in [3.63, 3.8) is 0 Å². The number of hydrogen-bond acceptors (Lipinski definition) is 3. The largest absolute Gasteiger partial charge is 0.478 e. The smallest absolute Gasteiger partial charge is 0.328 e. The number of Topliss-reactive ketones (excluding diaryl/α,β-unsaturated/α-hetero) is 1. The van der Waals surface area contributed by atoms with Crippen molar-refractivity contribution in [3.05, 3.63) is 41.0 Å². The van der Waals surface area contributed by atoms with Crippen LogP contribution < -0.4 is 0 Å². The molecule has 0 spiro atoms. The van der Waals surface area contributed by atoms with Gasteiger partial charge in [0.2, 0.25) is 0 Å². The molecule has 0 bridgehead atoms. The molecule has 0 fully saturated rings. The molecule has 19 heavy (non-hydrogen) atoms. The van der Waals surface area contributed by atoms with E-state index in [0.29, 0.717) is 16.7 Å². The molecule has 4 nitrogen and oxygen atoms in total. The molecule has 0 aliphatic rings. The standard InChI is InChI=1S/C14H12BrNO3/c1-9(17)14(15)12-4-2-3-10(7-8-16)11(12)5-6-13(18)19/h2-6,14H,7H2,1H3,(H,18,19). The highest BCUT2D eigenvalue weighted by molar-refractivity contribution is 9.09. The highest BCUT2D eigenvalue weighted by atomic mass is 79.9. The highest BCUT2D eigenvalue weighted by Gasteiger charge is 2.17. The molecule has 1 atom stereocenters. The fourth-order valence-electron chi connectivity index (χ4n) is 1.67. The number of halogens is 1. The Morgan fingerprint density at radius 2 is 2.21 bits per heavy atom. The number of rotatable bonds is 5. The number of carbonyl (C=O) groups excluding carboxylic acids is 1. The number of nitriles is 1. The molecule has 1 N–H and O–H groups in total. The Morgan fingerprint density at radius 1 is 1.53 bits per heavy atom. The van der Waals surface area contributed by atoms with Gasteiger partial charge >= 0.3 is 5.97 Å². The first-order valence-electron chi connectivity index (χ1n) is 5.51. The lowest BCUT2D eigenvalue weighted by molar-refractivity contribution is -0.131. The summed E-state index contributed by atoms with van der Waals surface area (Å²) in [6.07, 6.45) is 2.58. The monoisotopic (exact) mass is 321 g/mol. The lowest BCUT2D eigenvalue weighted by Crippen LogP contribution is -2.05. The summed E-state index contributed by atoms with van der Waals surface area (Å²) in [5.74, 6) is -1.16. The molecule has 0 heterocycles. The summed E-state index contributed by atoms with van der Waals surface area (Å²) < 4.78 is 0. The van der Waals surface area contributed by atoms with Crippen LogP contribution in [0.3, 0.4) is 0 Å². The van der Waals surface area contributed by atoms with E-state index in [0.717, 1.165) is 6.08 Å². The molecule has 1 rings (SSSR count). The second kappa shape index (κ2) is 6.86. The quantitative estimate of drug-likeness (QED) is 0.668. The summed E-state index contributed by atoms with van der Waals surface area (Å²) in [5.41, 5.74) is 1.96. The van der Waals surface area contributed by atoms with Crippen LogP contribution >= 0.6 is 15.9 Å². The van der Waals surface area contributed by atoms with Gasteiger partial charge < -0.3 is 5.11 Å². The maximum Gasteiger partial charge on any atom is 0.328 e. The highest BCUT2D eigenvalue weighted by Crippen LogP contribution is 2.30. The zero-order valence-corrected chi connectivity index (χ0v) is 11.8. The zero-order chi connectivity index (χ0) is 14.4. The summed E-state index contributed by atoms with van der Waals surface area (Å²) in [6, 6.07) is 7.26. The van der Waals surface area contributed by atoms with Crippen molar-refractivity contribution in [1.82, 2.24) is 0 Å². The maximum atomic E-state index is 11.5. The van der Waals surface area contributed by atoms with Gasteiger partial charge in [-0.15, -0.1) is 0 Å². The first kappa shape index (κ1) is 15.1. The second-order valence-corrected chi connectivity index (χ2v) is 4.82. The molecule has 0 amide bonds. The third kappa shape index (κ3) is 4.04. The average Bonchev–Trinajstić information content (AvgIpc) is 2.36. The fraction of sp³-hybridized carbons (Fsp3) is 0.214. The molecular formula is C14H12BrNO3. The van der Waals surface area contributed by atoms with Crippen molar-refractivity contribution >= 4 is 33.8 Å². The Balaban J connectivity index is 3.37. The van der Waals surface area contributed by atoms with E-state index in [1.807, 2.05) is 6.07 Å². The summed E-state index contributed by atoms with van der Waals surface area (Å²) >= 11 is 3.28. The number of hydrogen-bond donors (Lipinski definition) is 1. The number of benzene rings is 1. The van der Waals surface area contributed by atoms with E-state index in [1.165, 1.54) is 13.0 Å². The number of alkyl halides is 1. The first-order chi connectivity index (χ1) is 8.97. The summed E-state index contributed by atoms with van der Waals surface area (Å²) in [5, 5.41) is 17.5. The lowest BCUT2D eigenvalue weighted by atomic mass is 9.95. The van der Waals surface area contributed by atoms with Crippen LogP contribution in [0.15, 0.2) is 24.3 Å². The SMILES string of the molecule is CC(=O)C(Br)c1cccc(CC#N)c1C=CC(=O)O. The van der Waals surface area contributed by atoms with Crippen molar-refractivity contribution in [3.8, 4) is 6.07 Å². The normalized spacial score (nSPS) is 12.1. The van der Waals surface area contributed by atoms with Gasteiger partial charge in [0.05, 0.1) is 17.3 Å². The van der Waals surface area contributed by atoms with Gasteiger partial charge in [-0.3, -0.25) is 4.79 Å². The molecule has 1 unspecified atom stereocenters. The van der Waals surface area contributed by atoms with Crippen LogP contribution in [0.25, 0.3) is 6.08 Å². The van der Waals surface area contributed by atoms with Gasteiger partial charge in [-0.2, -0.15) is 5.26 Å². The molecule has 0 saturated heterocycles. The summed E-state index contributed by atoms with van der Waals surface area (Å²) in [4.78, 5) is 21.6. The van der Waals surface area contributed by atoms with Gasteiger partial charge in [0.25, 0.3) is 0 Å². The third-order valence-corrected chi connectivity index (χ3v) is 3.66. The first-order valence-corrected chi connectivity index (χ1v) is 6.43. The second-order valence-electron chi connectivity index (χ2n) is 3.90. The van der Waals surface area contributed by atoms with E-state index >= 15 is 0 Å². The van der Waals surface area contributed by atoms with E-state index in [1.54, 1.807) is 18.2 Å². The minimum atomic E-state index is -1.08. The predicted octanol–water partition coefficient (Wildman–Crippen LogP) is 2.88. The Kier molecular flexibility index (Phi) is 5.46. The molecule has 98 valence electrons. The van der Waals surface area contributed by atoms with Crippen molar-refractivity contribution in [2.75, 3.05) is 0 Å². The molecule has 0 aliphatic carbocycles. The van der Waals surface area contributed by atoms with Crippen LogP contribution in [0.2, 0.25) is 0 Å². The van der Waals surface area contributed by atoms with Crippen LogP contribution in [0.4, 0.5) is 0 Å². The summed E-state index contributed by atoms with van der Waals surface area (Å²) in [7, 11) is 0. The van der Waals surface area contributed by atoms with E-state index in [2.05, 4.69) is 15.9 Å². The Labute approximate surface area is 119 Å². The Hall–Kier alpha value is -1.93. The molecule has 5 heteroatoms. The summed E-state index contributed by atoms with van der Waals surface area (Å²) in [6.45, 7) is 1.45. The number of carboxylic acids is 1. The van der Waals surface area contributed by atoms with E-state index in [9.17, 15) is 9.59 Å². The van der Waals surface area contributed by atoms with Crippen LogP contribution in [0.5, 0.6) is 0 Å². The average molecular weight is 322 g/mol. The number of ketones is 1. The lowest BCUT2D eigenvalue weighted by Gasteiger charge is -2.13. The van der Waals surface area contributed by atoms with E-state index < -0.39 is 10.8 Å². The number of carbonyl (C=O) groups is 2. The van der Waals surface area contributed by atoms with Crippen LogP contribution in [0.1, 0.15) is 28.4 Å². The van der Waals surface area contributed by atoms with Gasteiger partial charge in [-0.25, -0.2) is 4.79 Å². The van der Waals surface area contributed by atoms with Gasteiger partial charge in [-0.05, 0) is 29.7 Å². The van der Waals surface area contributed by atoms with Crippen LogP contribution in [-0.4, -0.2) is 16.9 Å². The Bertz CT molecular complexity index is 573. The molecule has 0 aromatic heterocycles. The number of aliphatic carboxylic acids is 1. The third-order valence-electron chi connectivity index (χ3n) is 2.52. The minimum Gasteiger partial charge on any atom is -0.478 e. The Morgan fingerprint density at radius 3 is 2.74 bits per heavy atom. The van der Waals surface area contributed by atoms with E-state index in [-0.39, 0.29) is 12.2 Å². The zero-order valence-electron chi connectivity index (χ0n) is 10.3. The van der Waals surface area contributed by atoms with Gasteiger partial charge in [0.15, 0.2) is 0 Å². The molecule has 1 aromatic rings. The van der Waals surface area contributed by atoms with Crippen molar-refractivity contribution < 1.29 is 14.7 Å². The van der Waals surface area contributed by atoms with Crippen LogP contribution in [-0.2, 0) is 16.0 Å². The van der Waals surface area contributed by atoms with Gasteiger partial charge in [0, 0.05) is 6.08 Å².